The molecule has 394 valence electrons. The van der Waals surface area contributed by atoms with Crippen molar-refractivity contribution < 1.29 is 99.5 Å². The maximum Gasteiger partial charge on any atom is 0.187 e. The molecule has 8 aliphatic rings. The van der Waals surface area contributed by atoms with Crippen LogP contribution in [0.5, 0.6) is 0 Å². The zero-order chi connectivity index (χ0) is 50.0. The zero-order valence-electron chi connectivity index (χ0n) is 40.7. The second kappa shape index (κ2) is 18.8. The number of rotatable bonds is 11. The van der Waals surface area contributed by atoms with Crippen LogP contribution in [0.15, 0.2) is 0 Å². The van der Waals surface area contributed by atoms with Gasteiger partial charge in [0.25, 0.3) is 0 Å². The molecule has 13 N–H and O–H groups in total. The van der Waals surface area contributed by atoms with Crippen LogP contribution in [-0.2, 0) is 33.2 Å². The summed E-state index contributed by atoms with van der Waals surface area (Å²) in [7, 11) is 0. The predicted octanol–water partition coefficient (Wildman–Crippen LogP) is -1.84. The molecule has 4 saturated carbocycles. The van der Waals surface area contributed by atoms with E-state index in [2.05, 4.69) is 27.7 Å². The van der Waals surface area contributed by atoms with Gasteiger partial charge in [-0.05, 0) is 117 Å². The number of aliphatic hydroxyl groups excluding tert-OH is 12. The largest absolute Gasteiger partial charge is 0.394 e. The molecule has 8 fully saturated rings. The van der Waals surface area contributed by atoms with E-state index >= 15 is 0 Å². The summed E-state index contributed by atoms with van der Waals surface area (Å²) in [6, 6.07) is 0. The first kappa shape index (κ1) is 53.5. The Hall–Kier alpha value is -0.800. The maximum absolute atomic E-state index is 12.5. The van der Waals surface area contributed by atoms with Gasteiger partial charge >= 0.3 is 0 Å². The van der Waals surface area contributed by atoms with E-state index in [4.69, 9.17) is 33.2 Å². The van der Waals surface area contributed by atoms with Gasteiger partial charge in [-0.3, -0.25) is 0 Å². The summed E-state index contributed by atoms with van der Waals surface area (Å²) in [4.78, 5) is 0. The lowest BCUT2D eigenvalue weighted by molar-refractivity contribution is -0.399. The van der Waals surface area contributed by atoms with E-state index in [1.54, 1.807) is 13.8 Å². The zero-order valence-corrected chi connectivity index (χ0v) is 40.7. The average molecular weight is 979 g/mol. The summed E-state index contributed by atoms with van der Waals surface area (Å²) in [5.74, 6) is -0.676. The fraction of sp³-hybridized carbons (Fsp3) is 1.00. The van der Waals surface area contributed by atoms with Crippen LogP contribution in [0.2, 0.25) is 0 Å². The molecule has 0 aromatic rings. The molecule has 0 amide bonds. The predicted molar refractivity (Wildman–Crippen MR) is 234 cm³/mol. The quantitative estimate of drug-likeness (QED) is 0.101. The molecule has 0 spiro atoms. The number of hydrogen-bond donors (Lipinski definition) is 13. The first-order valence-corrected chi connectivity index (χ1v) is 24.9. The van der Waals surface area contributed by atoms with Crippen LogP contribution in [-0.4, -0.2) is 214 Å². The monoisotopic (exact) mass is 979 g/mol. The van der Waals surface area contributed by atoms with Crippen molar-refractivity contribution in [2.24, 2.45) is 45.3 Å². The lowest BCUT2D eigenvalue weighted by Crippen LogP contribution is -2.71. The van der Waals surface area contributed by atoms with Crippen LogP contribution < -0.4 is 0 Å². The average Bonchev–Trinajstić information content (AvgIpc) is 3.88. The van der Waals surface area contributed by atoms with Crippen LogP contribution in [0.4, 0.5) is 0 Å². The van der Waals surface area contributed by atoms with Crippen LogP contribution in [0.3, 0.4) is 0 Å². The Kier molecular flexibility index (Phi) is 14.8. The van der Waals surface area contributed by atoms with Gasteiger partial charge in [0.15, 0.2) is 18.9 Å². The summed E-state index contributed by atoms with van der Waals surface area (Å²) in [5, 5.41) is 143. The Morgan fingerprint density at radius 2 is 1.12 bits per heavy atom. The van der Waals surface area contributed by atoms with Gasteiger partial charge in [0, 0.05) is 0 Å². The van der Waals surface area contributed by atoms with Gasteiger partial charge in [0.1, 0.15) is 73.2 Å². The second-order valence-electron chi connectivity index (χ2n) is 24.0. The van der Waals surface area contributed by atoms with Crippen molar-refractivity contribution in [2.45, 2.75) is 234 Å². The molecule has 0 radical (unpaired) electrons. The smallest absolute Gasteiger partial charge is 0.187 e. The number of hydrogen-bond acceptors (Lipinski definition) is 20. The minimum atomic E-state index is -1.93. The molecule has 4 heterocycles. The third-order valence-corrected chi connectivity index (χ3v) is 19.5. The van der Waals surface area contributed by atoms with E-state index in [1.807, 2.05) is 13.8 Å². The van der Waals surface area contributed by atoms with Gasteiger partial charge < -0.3 is 99.5 Å². The van der Waals surface area contributed by atoms with Crippen molar-refractivity contribution >= 4 is 0 Å². The molecule has 4 aliphatic heterocycles. The SMILES string of the molecule is CC(C)(O)[C@@H]1CC[C@@](C)([C@H]2CC[C@]3(C)[C@@H]2[C@H](O)C[C@@H]2[C@@]4(C)CC[C@H](O)C(C)(C)[C@@H]4[C@@H](O[C@@H]4O[C@H](CO)[C@@H](O[C@H]5O[C@H](CO)[C@@H](O)[C@H](O)[C@H]5O)[C@H](O)[C@H]4O[C@@H]4O[C@H](CO)[C@@H](O)[C@H](O)[C@H]4O)C[C@]23C)O1. The fourth-order valence-electron chi connectivity index (χ4n) is 15.6. The van der Waals surface area contributed by atoms with Gasteiger partial charge in [-0.15, -0.1) is 0 Å². The van der Waals surface area contributed by atoms with Crippen LogP contribution >= 0.6 is 0 Å². The lowest BCUT2D eigenvalue weighted by atomic mass is 9.34. The Morgan fingerprint density at radius 1 is 0.574 bits per heavy atom. The molecule has 20 heteroatoms. The van der Waals surface area contributed by atoms with E-state index in [0.29, 0.717) is 32.1 Å². The van der Waals surface area contributed by atoms with Crippen LogP contribution in [0, 0.1) is 45.3 Å². The van der Waals surface area contributed by atoms with Gasteiger partial charge in [0.05, 0.1) is 55.4 Å². The molecular formula is C48H82O20. The number of ether oxygens (including phenoxy) is 7. The highest BCUT2D eigenvalue weighted by molar-refractivity contribution is 5.22. The van der Waals surface area contributed by atoms with Gasteiger partial charge in [-0.1, -0.05) is 34.6 Å². The molecule has 0 bridgehead atoms. The molecule has 0 unspecified atom stereocenters. The number of aliphatic hydroxyl groups is 13. The topological polar surface area (TPSA) is 328 Å². The normalized spacial score (nSPS) is 56.2. The highest BCUT2D eigenvalue weighted by Gasteiger charge is 2.74. The summed E-state index contributed by atoms with van der Waals surface area (Å²) < 4.78 is 44.2. The molecule has 27 atom stereocenters. The van der Waals surface area contributed by atoms with Crippen molar-refractivity contribution in [3.8, 4) is 0 Å². The van der Waals surface area contributed by atoms with Crippen LogP contribution in [0.25, 0.3) is 0 Å². The summed E-state index contributed by atoms with van der Waals surface area (Å²) >= 11 is 0. The highest BCUT2D eigenvalue weighted by Crippen LogP contribution is 2.76. The van der Waals surface area contributed by atoms with E-state index < -0.39 is 169 Å². The molecule has 0 aromatic carbocycles. The van der Waals surface area contributed by atoms with Crippen molar-refractivity contribution in [1.29, 1.82) is 0 Å². The van der Waals surface area contributed by atoms with Crippen molar-refractivity contribution in [3.63, 3.8) is 0 Å². The Balaban J connectivity index is 1.17. The van der Waals surface area contributed by atoms with Gasteiger partial charge in [-0.2, -0.15) is 0 Å². The summed E-state index contributed by atoms with van der Waals surface area (Å²) in [6.45, 7) is 14.0. The van der Waals surface area contributed by atoms with E-state index in [1.165, 1.54) is 0 Å². The molecule has 8 rings (SSSR count). The molecule has 68 heavy (non-hydrogen) atoms. The maximum atomic E-state index is 12.5. The molecule has 4 aliphatic carbocycles. The number of fused-ring (bicyclic) bond motifs is 5. The van der Waals surface area contributed by atoms with E-state index in [0.717, 1.165) is 19.3 Å². The van der Waals surface area contributed by atoms with Gasteiger partial charge in [-0.25, -0.2) is 0 Å². The Bertz CT molecular complexity index is 1750. The third kappa shape index (κ3) is 8.46. The van der Waals surface area contributed by atoms with E-state index in [9.17, 15) is 66.4 Å². The molecule has 0 aromatic heterocycles. The Morgan fingerprint density at radius 3 is 1.65 bits per heavy atom. The second-order valence-corrected chi connectivity index (χ2v) is 24.0. The highest BCUT2D eigenvalue weighted by atomic mass is 16.8. The van der Waals surface area contributed by atoms with E-state index in [-0.39, 0.29) is 23.9 Å². The molecule has 4 saturated heterocycles. The first-order chi connectivity index (χ1) is 31.6. The lowest BCUT2D eigenvalue weighted by Gasteiger charge is -2.72. The minimum Gasteiger partial charge on any atom is -0.394 e. The molecular weight excluding hydrogens is 897 g/mol. The fourth-order valence-corrected chi connectivity index (χ4v) is 15.6. The first-order valence-electron chi connectivity index (χ1n) is 24.9. The van der Waals surface area contributed by atoms with Crippen LogP contribution in [0.1, 0.15) is 107 Å². The van der Waals surface area contributed by atoms with Crippen molar-refractivity contribution in [2.75, 3.05) is 19.8 Å². The molecule has 20 nitrogen and oxygen atoms in total. The van der Waals surface area contributed by atoms with Crippen molar-refractivity contribution in [1.82, 2.24) is 0 Å². The summed E-state index contributed by atoms with van der Waals surface area (Å²) in [5.41, 5.74) is -4.00. The van der Waals surface area contributed by atoms with Crippen molar-refractivity contribution in [3.05, 3.63) is 0 Å². The summed E-state index contributed by atoms with van der Waals surface area (Å²) in [6.07, 6.45) is -23.4. The third-order valence-electron chi connectivity index (χ3n) is 19.5. The standard InChI is InChI=1S/C48H82O20/c1-43(2)27(53)10-12-45(5)26-15-21(52)29-20(48(8)14-11-28(68-48)44(3,4)61)9-13-46(29,6)47(26,7)16-22(39(43)45)62-42-38(67-41-35(59)33(57)31(55)24(18-50)64-41)36(60)37(25(19-51)65-42)66-40-34(58)32(56)30(54)23(17-49)63-40/h20-42,49-61H,9-19H2,1-8H3/t20-,21+,22-,23+,24+,25+,26+,27-,28-,29-,30+,31+,32-,33-,34+,35+,36-,37+,38+,39-,40+,41-,42+,45+,46+,47+,48-/m0/s1. The minimum absolute atomic E-state index is 0.0266. The van der Waals surface area contributed by atoms with Gasteiger partial charge in [0.2, 0.25) is 0 Å². The Labute approximate surface area is 398 Å².